The van der Waals surface area contributed by atoms with Gasteiger partial charge in [-0.2, -0.15) is 0 Å². The summed E-state index contributed by atoms with van der Waals surface area (Å²) in [6.45, 7) is 2.44. The van der Waals surface area contributed by atoms with Gasteiger partial charge in [0, 0.05) is 0 Å². The van der Waals surface area contributed by atoms with Crippen LogP contribution in [-0.2, 0) is 0 Å². The SMILES string of the molecule is C[C@@H]1CC[C@@H]2CCCC[C@@H]2C1. The van der Waals surface area contributed by atoms with E-state index in [2.05, 4.69) is 6.92 Å². The maximum atomic E-state index is 2.44. The summed E-state index contributed by atoms with van der Waals surface area (Å²) in [4.78, 5) is 0. The van der Waals surface area contributed by atoms with Crippen LogP contribution < -0.4 is 0 Å². The maximum Gasteiger partial charge on any atom is -0.0383 e. The fraction of sp³-hybridized carbons (Fsp3) is 1.00. The number of fused-ring (bicyclic) bond motifs is 1. The Hall–Kier alpha value is 0. The van der Waals surface area contributed by atoms with Crippen LogP contribution in [0.3, 0.4) is 0 Å². The summed E-state index contributed by atoms with van der Waals surface area (Å²) in [5.41, 5.74) is 0. The van der Waals surface area contributed by atoms with E-state index in [-0.39, 0.29) is 0 Å². The van der Waals surface area contributed by atoms with Crippen LogP contribution in [0.1, 0.15) is 51.9 Å². The largest absolute Gasteiger partial charge is 0.0625 e. The minimum atomic E-state index is 1.04. The third kappa shape index (κ3) is 1.60. The van der Waals surface area contributed by atoms with E-state index in [1.807, 2.05) is 0 Å². The molecule has 0 amide bonds. The summed E-state index contributed by atoms with van der Waals surface area (Å²) < 4.78 is 0. The molecule has 2 rings (SSSR count). The molecule has 2 aliphatic carbocycles. The molecule has 2 aliphatic rings. The first kappa shape index (κ1) is 7.64. The Balaban J connectivity index is 1.93. The van der Waals surface area contributed by atoms with Gasteiger partial charge >= 0.3 is 0 Å². The lowest BCUT2D eigenvalue weighted by Gasteiger charge is -2.38. The summed E-state index contributed by atoms with van der Waals surface area (Å²) in [5, 5.41) is 0. The zero-order valence-electron chi connectivity index (χ0n) is 7.68. The number of hydrogen-bond acceptors (Lipinski definition) is 0. The lowest BCUT2D eigenvalue weighted by molar-refractivity contribution is 0.137. The fourth-order valence-electron chi connectivity index (χ4n) is 3.11. The Morgan fingerprint density at radius 1 is 0.818 bits per heavy atom. The summed E-state index contributed by atoms with van der Waals surface area (Å²) in [6, 6.07) is 0. The minimum Gasteiger partial charge on any atom is -0.0625 e. The Morgan fingerprint density at radius 2 is 1.55 bits per heavy atom. The van der Waals surface area contributed by atoms with Crippen molar-refractivity contribution in [1.82, 2.24) is 0 Å². The maximum absolute atomic E-state index is 2.44. The molecular formula is C11H20. The van der Waals surface area contributed by atoms with Crippen molar-refractivity contribution in [3.63, 3.8) is 0 Å². The monoisotopic (exact) mass is 152 g/mol. The van der Waals surface area contributed by atoms with Crippen LogP contribution in [0.15, 0.2) is 0 Å². The van der Waals surface area contributed by atoms with Gasteiger partial charge in [-0.15, -0.1) is 0 Å². The lowest BCUT2D eigenvalue weighted by Crippen LogP contribution is -2.26. The highest BCUT2D eigenvalue weighted by Gasteiger charge is 2.29. The molecule has 0 saturated heterocycles. The standard InChI is InChI=1S/C11H20/c1-9-6-7-10-4-2-3-5-11(10)8-9/h9-11H,2-8H2,1H3/t9-,10+,11-/m1/s1. The summed E-state index contributed by atoms with van der Waals surface area (Å²) in [7, 11) is 0. The molecule has 64 valence electrons. The second-order valence-corrected chi connectivity index (χ2v) is 4.72. The van der Waals surface area contributed by atoms with Gasteiger partial charge in [0.15, 0.2) is 0 Å². The van der Waals surface area contributed by atoms with E-state index >= 15 is 0 Å². The first-order chi connectivity index (χ1) is 5.36. The van der Waals surface area contributed by atoms with E-state index in [9.17, 15) is 0 Å². The lowest BCUT2D eigenvalue weighted by atomic mass is 9.68. The van der Waals surface area contributed by atoms with Gasteiger partial charge in [-0.05, 0) is 30.6 Å². The normalized spacial score (nSPS) is 45.0. The van der Waals surface area contributed by atoms with Crippen molar-refractivity contribution in [2.45, 2.75) is 51.9 Å². The van der Waals surface area contributed by atoms with Gasteiger partial charge in [0.1, 0.15) is 0 Å². The molecule has 0 nitrogen and oxygen atoms in total. The van der Waals surface area contributed by atoms with Gasteiger partial charge in [0.25, 0.3) is 0 Å². The predicted octanol–water partition coefficient (Wildman–Crippen LogP) is 3.61. The van der Waals surface area contributed by atoms with E-state index in [0.29, 0.717) is 0 Å². The topological polar surface area (TPSA) is 0 Å². The number of rotatable bonds is 0. The second-order valence-electron chi connectivity index (χ2n) is 4.72. The highest BCUT2D eigenvalue weighted by molar-refractivity contribution is 4.81. The van der Waals surface area contributed by atoms with E-state index in [4.69, 9.17) is 0 Å². The van der Waals surface area contributed by atoms with Gasteiger partial charge in [-0.25, -0.2) is 0 Å². The fourth-order valence-corrected chi connectivity index (χ4v) is 3.11. The van der Waals surface area contributed by atoms with Crippen LogP contribution in [0.5, 0.6) is 0 Å². The van der Waals surface area contributed by atoms with Crippen LogP contribution in [0.25, 0.3) is 0 Å². The van der Waals surface area contributed by atoms with Crippen LogP contribution in [0, 0.1) is 17.8 Å². The van der Waals surface area contributed by atoms with E-state index in [1.54, 1.807) is 25.7 Å². The van der Waals surface area contributed by atoms with E-state index in [0.717, 1.165) is 17.8 Å². The van der Waals surface area contributed by atoms with Gasteiger partial charge in [0.2, 0.25) is 0 Å². The molecule has 0 heterocycles. The number of hydrogen-bond donors (Lipinski definition) is 0. The molecule has 0 aromatic rings. The Morgan fingerprint density at radius 3 is 2.36 bits per heavy atom. The molecule has 0 aliphatic heterocycles. The first-order valence-corrected chi connectivity index (χ1v) is 5.36. The van der Waals surface area contributed by atoms with Crippen molar-refractivity contribution in [2.24, 2.45) is 17.8 Å². The van der Waals surface area contributed by atoms with Crippen LogP contribution in [0.4, 0.5) is 0 Å². The Bertz CT molecular complexity index is 128. The molecule has 11 heavy (non-hydrogen) atoms. The smallest absolute Gasteiger partial charge is 0.0383 e. The van der Waals surface area contributed by atoms with Crippen molar-refractivity contribution in [3.8, 4) is 0 Å². The predicted molar refractivity (Wildman–Crippen MR) is 48.5 cm³/mol. The second kappa shape index (κ2) is 3.16. The van der Waals surface area contributed by atoms with Crippen molar-refractivity contribution in [1.29, 1.82) is 0 Å². The van der Waals surface area contributed by atoms with Crippen LogP contribution in [-0.4, -0.2) is 0 Å². The van der Waals surface area contributed by atoms with Gasteiger partial charge in [-0.3, -0.25) is 0 Å². The average Bonchev–Trinajstić information content (AvgIpc) is 2.04. The van der Waals surface area contributed by atoms with Crippen molar-refractivity contribution < 1.29 is 0 Å². The molecule has 2 saturated carbocycles. The molecule has 0 N–H and O–H groups in total. The Labute approximate surface area is 70.4 Å². The van der Waals surface area contributed by atoms with Crippen molar-refractivity contribution in [3.05, 3.63) is 0 Å². The third-order valence-corrected chi connectivity index (χ3v) is 3.80. The Kier molecular flexibility index (Phi) is 2.20. The summed E-state index contributed by atoms with van der Waals surface area (Å²) in [5.74, 6) is 3.31. The zero-order chi connectivity index (χ0) is 7.68. The quantitative estimate of drug-likeness (QED) is 0.497. The van der Waals surface area contributed by atoms with Gasteiger partial charge in [-0.1, -0.05) is 39.0 Å². The molecule has 0 bridgehead atoms. The summed E-state index contributed by atoms with van der Waals surface area (Å²) >= 11 is 0. The van der Waals surface area contributed by atoms with Crippen LogP contribution in [0.2, 0.25) is 0 Å². The van der Waals surface area contributed by atoms with E-state index in [1.165, 1.54) is 19.3 Å². The molecule has 0 heteroatoms. The zero-order valence-corrected chi connectivity index (χ0v) is 7.68. The van der Waals surface area contributed by atoms with Gasteiger partial charge < -0.3 is 0 Å². The van der Waals surface area contributed by atoms with Gasteiger partial charge in [0.05, 0.1) is 0 Å². The molecular weight excluding hydrogens is 132 g/mol. The molecule has 0 unspecified atom stereocenters. The van der Waals surface area contributed by atoms with Crippen LogP contribution >= 0.6 is 0 Å². The molecule has 0 aromatic carbocycles. The first-order valence-electron chi connectivity index (χ1n) is 5.36. The molecule has 3 atom stereocenters. The highest BCUT2D eigenvalue weighted by Crippen LogP contribution is 2.42. The highest BCUT2D eigenvalue weighted by atomic mass is 14.4. The molecule has 0 radical (unpaired) electrons. The average molecular weight is 152 g/mol. The minimum absolute atomic E-state index is 1.04. The summed E-state index contributed by atoms with van der Waals surface area (Å²) in [6.07, 6.45) is 10.8. The van der Waals surface area contributed by atoms with E-state index < -0.39 is 0 Å². The molecule has 0 aromatic heterocycles. The molecule has 0 spiro atoms. The van der Waals surface area contributed by atoms with Crippen molar-refractivity contribution >= 4 is 0 Å². The molecule has 2 fully saturated rings. The third-order valence-electron chi connectivity index (χ3n) is 3.80. The van der Waals surface area contributed by atoms with Crippen molar-refractivity contribution in [2.75, 3.05) is 0 Å².